The molecule has 1 aliphatic rings. The van der Waals surface area contributed by atoms with Gasteiger partial charge in [-0.15, -0.1) is 0 Å². The summed E-state index contributed by atoms with van der Waals surface area (Å²) in [7, 11) is 0. The van der Waals surface area contributed by atoms with Crippen LogP contribution >= 0.6 is 19.1 Å². The Morgan fingerprint density at radius 1 is 0.800 bits per heavy atom. The van der Waals surface area contributed by atoms with Crippen LogP contribution < -0.4 is 15.9 Å². The number of carbonyl (C=O) groups excluding carboxylic acids is 2. The highest BCUT2D eigenvalue weighted by Gasteiger charge is 2.47. The van der Waals surface area contributed by atoms with Gasteiger partial charge in [0.25, 0.3) is 0 Å². The van der Waals surface area contributed by atoms with Crippen molar-refractivity contribution < 1.29 is 14.3 Å². The Morgan fingerprint density at radius 2 is 1.33 bits per heavy atom. The first kappa shape index (κ1) is 30.3. The van der Waals surface area contributed by atoms with Crippen molar-refractivity contribution in [2.75, 3.05) is 0 Å². The molecule has 6 rings (SSSR count). The third-order valence-electron chi connectivity index (χ3n) is 7.99. The quantitative estimate of drug-likeness (QED) is 0.0637. The average molecular weight is 630 g/mol. The number of esters is 1. The Kier molecular flexibility index (Phi) is 9.39. The highest BCUT2D eigenvalue weighted by atomic mass is 32.1. The molecule has 8 heteroatoms. The van der Waals surface area contributed by atoms with Crippen molar-refractivity contribution in [3.63, 3.8) is 0 Å². The maximum absolute atomic E-state index is 14.7. The van der Waals surface area contributed by atoms with Crippen molar-refractivity contribution in [1.82, 2.24) is 14.9 Å². The lowest BCUT2D eigenvalue weighted by atomic mass is 9.95. The minimum absolute atomic E-state index is 0.0893. The van der Waals surface area contributed by atoms with Gasteiger partial charge in [0.15, 0.2) is 0 Å². The van der Waals surface area contributed by atoms with Crippen molar-refractivity contribution in [2.45, 2.75) is 31.9 Å². The average Bonchev–Trinajstić information content (AvgIpc) is 3.11. The third kappa shape index (κ3) is 6.28. The summed E-state index contributed by atoms with van der Waals surface area (Å²) < 4.78 is 6.12. The summed E-state index contributed by atoms with van der Waals surface area (Å²) >= 11 is 5.71. The Labute approximate surface area is 268 Å². The van der Waals surface area contributed by atoms with Crippen LogP contribution in [-0.4, -0.2) is 43.1 Å². The molecule has 6 nitrogen and oxygen atoms in total. The normalized spacial score (nSPS) is 14.4. The van der Waals surface area contributed by atoms with Gasteiger partial charge >= 0.3 is 5.97 Å². The topological polar surface area (TPSA) is 72.4 Å². The van der Waals surface area contributed by atoms with Gasteiger partial charge in [0.2, 0.25) is 5.91 Å². The molecular weight excluding hydrogens is 597 g/mol. The van der Waals surface area contributed by atoms with Gasteiger partial charge < -0.3 is 9.64 Å². The van der Waals surface area contributed by atoms with E-state index in [2.05, 4.69) is 46.4 Å². The number of rotatable bonds is 11. The van der Waals surface area contributed by atoms with E-state index in [9.17, 15) is 9.59 Å². The number of ether oxygens (including phenoxy) is 1. The predicted molar refractivity (Wildman–Crippen MR) is 185 cm³/mol. The summed E-state index contributed by atoms with van der Waals surface area (Å²) in [6, 6.07) is 41.3. The van der Waals surface area contributed by atoms with Crippen LogP contribution in [0, 0.1) is 0 Å². The van der Waals surface area contributed by atoms with Crippen molar-refractivity contribution in [2.24, 2.45) is 0 Å². The summed E-state index contributed by atoms with van der Waals surface area (Å²) in [6.45, 7) is -2.86. The van der Waals surface area contributed by atoms with Crippen LogP contribution in [0.25, 0.3) is 0 Å². The number of hydrogen-bond donors (Lipinski definition) is 0. The molecule has 2 heterocycles. The number of carbonyl (C=O) groups is 2. The Balaban J connectivity index is 1.55. The van der Waals surface area contributed by atoms with Gasteiger partial charge in [-0.1, -0.05) is 134 Å². The number of likely N-dealkylation sites (tertiary alicyclic amines) is 1. The van der Waals surface area contributed by atoms with E-state index in [4.69, 9.17) is 17.0 Å². The molecule has 0 N–H and O–H groups in total. The molecule has 1 atom stereocenters. The lowest BCUT2D eigenvalue weighted by Crippen LogP contribution is -2.59. The maximum Gasteiger partial charge on any atom is 0.356 e. The molecular formula is C37H32N3O3PS. The molecule has 1 unspecified atom stereocenters. The Hall–Kier alpha value is -4.71. The molecule has 1 fully saturated rings. The number of amides is 1. The molecule has 0 saturated carbocycles. The molecule has 224 valence electrons. The SMILES string of the molecule is O=C(OCc1ccccc1)C(N1C(=O)CC1CCC(=S)c1ccncn1)=P(c1ccccc1)(c1ccccc1)c1ccccc1. The van der Waals surface area contributed by atoms with E-state index < -0.39 is 12.9 Å². The summed E-state index contributed by atoms with van der Waals surface area (Å²) in [5.41, 5.74) is 1.95. The molecule has 1 aliphatic heterocycles. The molecule has 4 aromatic carbocycles. The van der Waals surface area contributed by atoms with Gasteiger partial charge in [-0.05, 0) is 40.4 Å². The van der Waals surface area contributed by atoms with E-state index in [-0.39, 0.29) is 18.6 Å². The predicted octanol–water partition coefficient (Wildman–Crippen LogP) is 5.44. The van der Waals surface area contributed by atoms with E-state index >= 15 is 0 Å². The van der Waals surface area contributed by atoms with Crippen LogP contribution in [0.15, 0.2) is 140 Å². The van der Waals surface area contributed by atoms with Gasteiger partial charge in [-0.25, -0.2) is 14.8 Å². The largest absolute Gasteiger partial charge is 0.456 e. The van der Waals surface area contributed by atoms with Crippen LogP contribution in [0.4, 0.5) is 0 Å². The fourth-order valence-corrected chi connectivity index (χ4v) is 10.5. The van der Waals surface area contributed by atoms with E-state index in [0.29, 0.717) is 35.2 Å². The number of β-lactam (4-membered cyclic amide) rings is 1. The number of hydrogen-bond acceptors (Lipinski definition) is 6. The summed E-state index contributed by atoms with van der Waals surface area (Å²) in [5.74, 6) is -0.605. The standard InChI is InChI=1S/C37H32N3O3PS/c41-35-25-29(21-22-34(45)33-23-24-38-27-39-33)40(35)36(37(42)43-26-28-13-5-1-6-14-28)44(30-15-7-2-8-16-30,31-17-9-3-10-18-31)32-19-11-4-12-20-32/h1-20,23-24,27,29H,21-22,25-26H2. The van der Waals surface area contributed by atoms with Gasteiger partial charge in [-0.3, -0.25) is 4.79 Å². The third-order valence-corrected chi connectivity index (χ3v) is 12.7. The molecule has 1 aromatic heterocycles. The molecule has 0 bridgehead atoms. The minimum atomic E-state index is -2.95. The first-order chi connectivity index (χ1) is 22.1. The number of benzene rings is 4. The highest BCUT2D eigenvalue weighted by molar-refractivity contribution is 7.96. The lowest BCUT2D eigenvalue weighted by Gasteiger charge is -2.45. The van der Waals surface area contributed by atoms with Gasteiger partial charge in [-0.2, -0.15) is 0 Å². The first-order valence-electron chi connectivity index (χ1n) is 14.8. The Morgan fingerprint density at radius 3 is 1.82 bits per heavy atom. The molecule has 0 spiro atoms. The summed E-state index contributed by atoms with van der Waals surface area (Å²) in [6.07, 6.45) is 4.60. The molecule has 0 aliphatic carbocycles. The fraction of sp³-hybridized carbons (Fsp3) is 0.135. The van der Waals surface area contributed by atoms with Crippen LogP contribution in [-0.2, 0) is 20.9 Å². The monoisotopic (exact) mass is 629 g/mol. The highest BCUT2D eigenvalue weighted by Crippen LogP contribution is 2.49. The second kappa shape index (κ2) is 13.9. The fourth-order valence-electron chi connectivity index (χ4n) is 5.84. The lowest BCUT2D eigenvalue weighted by molar-refractivity contribution is -0.145. The number of thiocarbonyl (C=S) groups is 1. The maximum atomic E-state index is 14.7. The van der Waals surface area contributed by atoms with Gasteiger partial charge in [0.05, 0.1) is 5.69 Å². The van der Waals surface area contributed by atoms with Crippen molar-refractivity contribution in [3.05, 3.63) is 151 Å². The van der Waals surface area contributed by atoms with Crippen LogP contribution in [0.1, 0.15) is 30.5 Å². The second-order valence-corrected chi connectivity index (χ2v) is 14.5. The van der Waals surface area contributed by atoms with Crippen LogP contribution in [0.5, 0.6) is 0 Å². The number of aromatic nitrogens is 2. The Bertz CT molecular complexity index is 1730. The van der Waals surface area contributed by atoms with Crippen molar-refractivity contribution in [3.8, 4) is 0 Å². The van der Waals surface area contributed by atoms with Crippen molar-refractivity contribution in [1.29, 1.82) is 0 Å². The molecule has 45 heavy (non-hydrogen) atoms. The minimum Gasteiger partial charge on any atom is -0.456 e. The first-order valence-corrected chi connectivity index (χ1v) is 17.0. The van der Waals surface area contributed by atoms with E-state index in [0.717, 1.165) is 21.5 Å². The summed E-state index contributed by atoms with van der Waals surface area (Å²) in [4.78, 5) is 39.2. The smallest absolute Gasteiger partial charge is 0.356 e. The summed E-state index contributed by atoms with van der Waals surface area (Å²) in [5, 5.41) is 2.89. The van der Waals surface area contributed by atoms with E-state index in [1.54, 1.807) is 17.2 Å². The molecule has 0 radical (unpaired) electrons. The van der Waals surface area contributed by atoms with Gasteiger partial charge in [0.1, 0.15) is 18.4 Å². The van der Waals surface area contributed by atoms with Crippen LogP contribution in [0.3, 0.4) is 0 Å². The van der Waals surface area contributed by atoms with Gasteiger partial charge in [0, 0.05) is 30.4 Å². The van der Waals surface area contributed by atoms with E-state index in [1.807, 2.05) is 84.9 Å². The molecule has 1 saturated heterocycles. The number of nitrogens with zero attached hydrogens (tertiary/aromatic N) is 3. The van der Waals surface area contributed by atoms with E-state index in [1.165, 1.54) is 6.33 Å². The second-order valence-electron chi connectivity index (χ2n) is 10.7. The zero-order valence-electron chi connectivity index (χ0n) is 24.6. The zero-order valence-corrected chi connectivity index (χ0v) is 26.3. The van der Waals surface area contributed by atoms with Crippen LogP contribution in [0.2, 0.25) is 0 Å². The van der Waals surface area contributed by atoms with Crippen molar-refractivity contribution >= 4 is 57.2 Å². The molecule has 1 amide bonds. The molecule has 5 aromatic rings. The zero-order chi connectivity index (χ0) is 31.1.